The van der Waals surface area contributed by atoms with E-state index >= 15 is 0 Å². The van der Waals surface area contributed by atoms with Gasteiger partial charge in [-0.05, 0) is 42.0 Å². The number of hydrogen-bond donors (Lipinski definition) is 3. The molecule has 2 aromatic carbocycles. The number of hydrogen-bond acceptors (Lipinski definition) is 6. The van der Waals surface area contributed by atoms with Crippen LogP contribution in [0.15, 0.2) is 52.7 Å². The van der Waals surface area contributed by atoms with Crippen molar-refractivity contribution in [3.63, 3.8) is 0 Å². The first kappa shape index (κ1) is 24.0. The van der Waals surface area contributed by atoms with Crippen molar-refractivity contribution in [3.8, 4) is 0 Å². The fourth-order valence-corrected chi connectivity index (χ4v) is 5.02. The highest BCUT2D eigenvalue weighted by atomic mass is 35.5. The molecule has 32 heavy (non-hydrogen) atoms. The lowest BCUT2D eigenvalue weighted by molar-refractivity contribution is -0.114. The zero-order chi connectivity index (χ0) is 23.3. The number of sulfone groups is 1. The number of nitrogens with one attached hydrogen (secondary N) is 3. The second-order valence-corrected chi connectivity index (χ2v) is 10.3. The Morgan fingerprint density at radius 3 is 2.41 bits per heavy atom. The monoisotopic (exact) mass is 512 g/mol. The third-order valence-electron chi connectivity index (χ3n) is 4.08. The average molecular weight is 513 g/mol. The number of aromatic nitrogens is 1. The topological polar surface area (TPSA) is 117 Å². The summed E-state index contributed by atoms with van der Waals surface area (Å²) in [7, 11) is -3.65. The van der Waals surface area contributed by atoms with Crippen molar-refractivity contribution >= 4 is 67.1 Å². The number of benzene rings is 2. The lowest BCUT2D eigenvalue weighted by atomic mass is 10.2. The molecule has 0 bridgehead atoms. The third kappa shape index (κ3) is 6.67. The van der Waals surface area contributed by atoms with E-state index in [0.29, 0.717) is 21.4 Å². The minimum atomic E-state index is -3.65. The second-order valence-electron chi connectivity index (χ2n) is 6.66. The van der Waals surface area contributed by atoms with Gasteiger partial charge in [0.2, 0.25) is 5.91 Å². The summed E-state index contributed by atoms with van der Waals surface area (Å²) in [5, 5.41) is 10.5. The number of carbonyl (C=O) groups excluding carboxylic acids is 2. The minimum Gasteiger partial charge on any atom is -0.334 e. The van der Waals surface area contributed by atoms with E-state index in [-0.39, 0.29) is 28.2 Å². The summed E-state index contributed by atoms with van der Waals surface area (Å²) in [5.74, 6) is -0.570. The van der Waals surface area contributed by atoms with Gasteiger partial charge in [-0.25, -0.2) is 18.2 Å². The number of halogens is 2. The minimum absolute atomic E-state index is 0.105. The molecule has 0 fully saturated rings. The van der Waals surface area contributed by atoms with Crippen molar-refractivity contribution in [1.82, 2.24) is 10.3 Å². The van der Waals surface area contributed by atoms with Crippen molar-refractivity contribution in [1.29, 1.82) is 0 Å². The molecule has 0 aliphatic carbocycles. The van der Waals surface area contributed by atoms with Crippen LogP contribution in [0.1, 0.15) is 18.2 Å². The van der Waals surface area contributed by atoms with Crippen LogP contribution < -0.4 is 16.0 Å². The Morgan fingerprint density at radius 1 is 1.03 bits per heavy atom. The van der Waals surface area contributed by atoms with Crippen LogP contribution in [-0.4, -0.2) is 25.3 Å². The first-order chi connectivity index (χ1) is 15.1. The third-order valence-corrected chi connectivity index (χ3v) is 7.29. The van der Waals surface area contributed by atoms with Gasteiger partial charge in [0.1, 0.15) is 0 Å². The molecule has 0 unspecified atom stereocenters. The van der Waals surface area contributed by atoms with Gasteiger partial charge in [-0.2, -0.15) is 0 Å². The zero-order valence-electron chi connectivity index (χ0n) is 16.7. The Bertz CT molecular complexity index is 1240. The molecule has 0 atom stereocenters. The fourth-order valence-electron chi connectivity index (χ4n) is 2.63. The molecule has 3 N–H and O–H groups in total. The van der Waals surface area contributed by atoms with E-state index in [2.05, 4.69) is 20.9 Å². The quantitative estimate of drug-likeness (QED) is 0.423. The second kappa shape index (κ2) is 10.3. The highest BCUT2D eigenvalue weighted by molar-refractivity contribution is 7.90. The summed E-state index contributed by atoms with van der Waals surface area (Å²) in [6.07, 6.45) is 0. The molecule has 0 saturated heterocycles. The van der Waals surface area contributed by atoms with Gasteiger partial charge < -0.3 is 10.6 Å². The molecule has 0 aliphatic heterocycles. The molecule has 0 saturated carbocycles. The first-order valence-corrected chi connectivity index (χ1v) is 12.4. The van der Waals surface area contributed by atoms with Gasteiger partial charge in [-0.1, -0.05) is 29.3 Å². The molecule has 0 aliphatic rings. The molecule has 3 amide bonds. The van der Waals surface area contributed by atoms with Crippen LogP contribution in [0.2, 0.25) is 10.0 Å². The van der Waals surface area contributed by atoms with Crippen LogP contribution in [-0.2, 0) is 26.9 Å². The van der Waals surface area contributed by atoms with E-state index in [9.17, 15) is 18.0 Å². The SMILES string of the molecule is CC(=O)Nc1ccc(S(=O)(=O)Cc2csc(NC(=O)NCc3ccc(Cl)c(Cl)c3)n2)cc1. The van der Waals surface area contributed by atoms with Crippen LogP contribution in [0.5, 0.6) is 0 Å². The maximum absolute atomic E-state index is 12.6. The summed E-state index contributed by atoms with van der Waals surface area (Å²) in [6.45, 7) is 1.59. The van der Waals surface area contributed by atoms with Crippen LogP contribution in [0.25, 0.3) is 0 Å². The largest absolute Gasteiger partial charge is 0.334 e. The highest BCUT2D eigenvalue weighted by Gasteiger charge is 2.18. The molecular weight excluding hydrogens is 495 g/mol. The summed E-state index contributed by atoms with van der Waals surface area (Å²) in [5.41, 5.74) is 1.58. The summed E-state index contributed by atoms with van der Waals surface area (Å²) in [6, 6.07) is 10.4. The van der Waals surface area contributed by atoms with Gasteiger partial charge in [0.05, 0.1) is 26.4 Å². The molecule has 0 spiro atoms. The molecule has 168 valence electrons. The van der Waals surface area contributed by atoms with E-state index in [1.54, 1.807) is 23.6 Å². The number of urea groups is 1. The van der Waals surface area contributed by atoms with Crippen molar-refractivity contribution in [3.05, 3.63) is 69.1 Å². The Hall–Kier alpha value is -2.66. The molecule has 8 nitrogen and oxygen atoms in total. The number of nitrogens with zero attached hydrogens (tertiary/aromatic N) is 1. The Labute approximate surface area is 198 Å². The van der Waals surface area contributed by atoms with Crippen molar-refractivity contribution in [2.24, 2.45) is 0 Å². The highest BCUT2D eigenvalue weighted by Crippen LogP contribution is 2.23. The molecule has 1 aromatic heterocycles. The first-order valence-electron chi connectivity index (χ1n) is 9.16. The van der Waals surface area contributed by atoms with Crippen LogP contribution in [0.3, 0.4) is 0 Å². The Kier molecular flexibility index (Phi) is 7.73. The van der Waals surface area contributed by atoms with Crippen molar-refractivity contribution in [2.75, 3.05) is 10.6 Å². The summed E-state index contributed by atoms with van der Waals surface area (Å²) < 4.78 is 25.3. The van der Waals surface area contributed by atoms with E-state index in [1.165, 1.54) is 31.2 Å². The average Bonchev–Trinajstić information content (AvgIpc) is 3.14. The standard InChI is InChI=1S/C20H18Cl2N4O4S2/c1-12(27)24-14-3-5-16(6-4-14)32(29,30)11-15-10-31-20(25-15)26-19(28)23-9-13-2-7-17(21)18(22)8-13/h2-8,10H,9,11H2,1H3,(H,24,27)(H2,23,25,26,28). The molecule has 3 rings (SSSR count). The normalized spacial score (nSPS) is 11.1. The molecule has 0 radical (unpaired) electrons. The summed E-state index contributed by atoms with van der Waals surface area (Å²) >= 11 is 12.9. The number of rotatable bonds is 7. The van der Waals surface area contributed by atoms with Crippen LogP contribution in [0.4, 0.5) is 15.6 Å². The van der Waals surface area contributed by atoms with E-state index < -0.39 is 15.9 Å². The Balaban J connectivity index is 1.57. The predicted octanol–water partition coefficient (Wildman–Crippen LogP) is 4.70. The molecule has 1 heterocycles. The number of amides is 3. The maximum Gasteiger partial charge on any atom is 0.321 e. The number of thiazole rings is 1. The van der Waals surface area contributed by atoms with Gasteiger partial charge in [0.15, 0.2) is 15.0 Å². The maximum atomic E-state index is 12.6. The smallest absolute Gasteiger partial charge is 0.321 e. The van der Waals surface area contributed by atoms with Gasteiger partial charge >= 0.3 is 6.03 Å². The summed E-state index contributed by atoms with van der Waals surface area (Å²) in [4.78, 5) is 27.4. The van der Waals surface area contributed by atoms with Gasteiger partial charge in [-0.15, -0.1) is 11.3 Å². The van der Waals surface area contributed by atoms with E-state index in [4.69, 9.17) is 23.2 Å². The lowest BCUT2D eigenvalue weighted by Gasteiger charge is -2.07. The molecule has 12 heteroatoms. The van der Waals surface area contributed by atoms with E-state index in [1.807, 2.05) is 0 Å². The molecule has 3 aromatic rings. The molecular formula is C20H18Cl2N4O4S2. The van der Waals surface area contributed by atoms with E-state index in [0.717, 1.165) is 16.9 Å². The Morgan fingerprint density at radius 2 is 1.75 bits per heavy atom. The van der Waals surface area contributed by atoms with Gasteiger partial charge in [0, 0.05) is 24.5 Å². The number of carbonyl (C=O) groups is 2. The van der Waals surface area contributed by atoms with Gasteiger partial charge in [-0.3, -0.25) is 10.1 Å². The van der Waals surface area contributed by atoms with Crippen molar-refractivity contribution in [2.45, 2.75) is 24.1 Å². The predicted molar refractivity (Wildman–Crippen MR) is 126 cm³/mol. The number of anilines is 2. The zero-order valence-corrected chi connectivity index (χ0v) is 19.8. The lowest BCUT2D eigenvalue weighted by Crippen LogP contribution is -2.28. The van der Waals surface area contributed by atoms with Crippen LogP contribution >= 0.6 is 34.5 Å². The van der Waals surface area contributed by atoms with Crippen molar-refractivity contribution < 1.29 is 18.0 Å². The fraction of sp³-hybridized carbons (Fsp3) is 0.150. The van der Waals surface area contributed by atoms with Crippen LogP contribution in [0, 0.1) is 0 Å². The van der Waals surface area contributed by atoms with Gasteiger partial charge in [0.25, 0.3) is 0 Å².